The molecule has 164 valence electrons. The number of hydrogen-bond donors (Lipinski definition) is 1. The van der Waals surface area contributed by atoms with Gasteiger partial charge in [0.15, 0.2) is 0 Å². The van der Waals surface area contributed by atoms with Crippen molar-refractivity contribution in [3.05, 3.63) is 71.5 Å². The molecule has 1 aromatic heterocycles. The number of tetrazole rings is 1. The fraction of sp³-hybridized carbons (Fsp3) is 0.375. The lowest BCUT2D eigenvalue weighted by atomic mass is 9.73. The van der Waals surface area contributed by atoms with Crippen LogP contribution >= 0.6 is 0 Å². The maximum atomic E-state index is 13.4. The molecule has 2 aliphatic rings. The average Bonchev–Trinajstić information content (AvgIpc) is 3.48. The topological polar surface area (TPSA) is 93.0 Å². The van der Waals surface area contributed by atoms with E-state index in [1.807, 2.05) is 54.3 Å². The fourth-order valence-corrected chi connectivity index (χ4v) is 5.25. The molecule has 3 aromatic rings. The molecule has 8 heteroatoms. The molecule has 1 N–H and O–H groups in total. The van der Waals surface area contributed by atoms with Crippen LogP contribution in [0.2, 0.25) is 0 Å². The molecule has 2 aromatic carbocycles. The van der Waals surface area contributed by atoms with Gasteiger partial charge in [-0.3, -0.25) is 9.59 Å². The lowest BCUT2D eigenvalue weighted by molar-refractivity contribution is -0.133. The first kappa shape index (κ1) is 20.4. The number of para-hydroxylation sites is 1. The number of fused-ring (bicyclic) bond motifs is 2. The molecule has 0 saturated carbocycles. The van der Waals surface area contributed by atoms with Crippen LogP contribution in [0.15, 0.2) is 54.6 Å². The monoisotopic (exact) mass is 430 g/mol. The van der Waals surface area contributed by atoms with Crippen LogP contribution in [0.3, 0.4) is 0 Å². The van der Waals surface area contributed by atoms with E-state index in [1.165, 1.54) is 5.56 Å². The minimum absolute atomic E-state index is 0.00313. The van der Waals surface area contributed by atoms with Gasteiger partial charge in [0.25, 0.3) is 0 Å². The maximum absolute atomic E-state index is 13.4. The van der Waals surface area contributed by atoms with E-state index in [9.17, 15) is 9.59 Å². The third-order valence-electron chi connectivity index (χ3n) is 6.87. The summed E-state index contributed by atoms with van der Waals surface area (Å²) in [4.78, 5) is 28.6. The summed E-state index contributed by atoms with van der Waals surface area (Å²) in [6.45, 7) is 2.81. The molecule has 1 fully saturated rings. The average molecular weight is 431 g/mol. The van der Waals surface area contributed by atoms with E-state index in [0.29, 0.717) is 31.8 Å². The summed E-state index contributed by atoms with van der Waals surface area (Å²) >= 11 is 0. The molecule has 0 radical (unpaired) electrons. The molecule has 0 aliphatic carbocycles. The lowest BCUT2D eigenvalue weighted by Crippen LogP contribution is -2.49. The van der Waals surface area contributed by atoms with Gasteiger partial charge < -0.3 is 10.2 Å². The summed E-state index contributed by atoms with van der Waals surface area (Å²) in [6.07, 6.45) is 2.46. The summed E-state index contributed by atoms with van der Waals surface area (Å²) in [5, 5.41) is 14.6. The van der Waals surface area contributed by atoms with Crippen LogP contribution in [0.1, 0.15) is 36.2 Å². The standard InChI is InChI=1S/C24H26N6O2/c1-17-26-27-28-30(17)15-13-22(31)29-16-14-24(19-9-5-6-10-20(19)25-23(24)32)21(29)12-11-18-7-3-2-4-8-18/h2-10,21H,11-16H2,1H3,(H,25,32)/t21-,24-/m0/s1. The number of rotatable bonds is 6. The van der Waals surface area contributed by atoms with E-state index in [1.54, 1.807) is 4.68 Å². The second-order valence-electron chi connectivity index (χ2n) is 8.55. The van der Waals surface area contributed by atoms with Crippen LogP contribution in [-0.2, 0) is 28.0 Å². The number of nitrogens with zero attached hydrogens (tertiary/aromatic N) is 5. The van der Waals surface area contributed by atoms with Crippen molar-refractivity contribution in [3.63, 3.8) is 0 Å². The smallest absolute Gasteiger partial charge is 0.237 e. The first-order valence-electron chi connectivity index (χ1n) is 11.1. The van der Waals surface area contributed by atoms with Gasteiger partial charge in [-0.05, 0) is 53.8 Å². The van der Waals surface area contributed by atoms with Gasteiger partial charge in [0.1, 0.15) is 5.82 Å². The molecule has 8 nitrogen and oxygen atoms in total. The first-order chi connectivity index (χ1) is 15.6. The van der Waals surface area contributed by atoms with E-state index in [2.05, 4.69) is 33.0 Å². The van der Waals surface area contributed by atoms with Gasteiger partial charge in [-0.2, -0.15) is 0 Å². The number of nitrogens with one attached hydrogen (secondary N) is 1. The Labute approximate surface area is 186 Å². The zero-order chi connectivity index (χ0) is 22.1. The Hall–Kier alpha value is -3.55. The van der Waals surface area contributed by atoms with Crippen LogP contribution < -0.4 is 5.32 Å². The van der Waals surface area contributed by atoms with Gasteiger partial charge in [-0.15, -0.1) is 5.10 Å². The van der Waals surface area contributed by atoms with Gasteiger partial charge >= 0.3 is 0 Å². The number of hydrogen-bond acceptors (Lipinski definition) is 5. The number of carbonyl (C=O) groups is 2. The summed E-state index contributed by atoms with van der Waals surface area (Å²) in [5.74, 6) is 0.718. The number of benzene rings is 2. The Bertz CT molecular complexity index is 1140. The number of likely N-dealkylation sites (tertiary alicyclic amines) is 1. The molecule has 0 bridgehead atoms. The number of aromatic nitrogens is 4. The number of carbonyl (C=O) groups excluding carboxylic acids is 2. The van der Waals surface area contributed by atoms with Crippen molar-refractivity contribution < 1.29 is 9.59 Å². The van der Waals surface area contributed by atoms with Gasteiger partial charge in [0.2, 0.25) is 11.8 Å². The summed E-state index contributed by atoms with van der Waals surface area (Å²) in [5.41, 5.74) is 2.37. The van der Waals surface area contributed by atoms with Crippen molar-refractivity contribution in [1.29, 1.82) is 0 Å². The molecule has 2 amide bonds. The highest BCUT2D eigenvalue weighted by molar-refractivity contribution is 6.07. The highest BCUT2D eigenvalue weighted by Gasteiger charge is 2.58. The van der Waals surface area contributed by atoms with Crippen molar-refractivity contribution in [2.24, 2.45) is 0 Å². The Kier molecular flexibility index (Phi) is 5.20. The molecular weight excluding hydrogens is 404 g/mol. The molecule has 0 unspecified atom stereocenters. The Morgan fingerprint density at radius 2 is 1.94 bits per heavy atom. The van der Waals surface area contributed by atoms with E-state index < -0.39 is 5.41 Å². The second kappa shape index (κ2) is 8.18. The van der Waals surface area contributed by atoms with Crippen molar-refractivity contribution in [1.82, 2.24) is 25.1 Å². The van der Waals surface area contributed by atoms with E-state index in [0.717, 1.165) is 24.1 Å². The lowest BCUT2D eigenvalue weighted by Gasteiger charge is -2.34. The van der Waals surface area contributed by atoms with Gasteiger partial charge in [-0.1, -0.05) is 48.5 Å². The molecule has 3 heterocycles. The summed E-state index contributed by atoms with van der Waals surface area (Å²) in [7, 11) is 0. The third kappa shape index (κ3) is 3.36. The van der Waals surface area contributed by atoms with E-state index >= 15 is 0 Å². The highest BCUT2D eigenvalue weighted by atomic mass is 16.2. The minimum Gasteiger partial charge on any atom is -0.338 e. The van der Waals surface area contributed by atoms with Crippen molar-refractivity contribution in [3.8, 4) is 0 Å². The summed E-state index contributed by atoms with van der Waals surface area (Å²) in [6, 6.07) is 17.9. The van der Waals surface area contributed by atoms with Crippen LogP contribution in [0.5, 0.6) is 0 Å². The number of aryl methyl sites for hydroxylation is 3. The molecule has 2 atom stereocenters. The number of anilines is 1. The Morgan fingerprint density at radius 3 is 2.72 bits per heavy atom. The molecule has 1 saturated heterocycles. The van der Waals surface area contributed by atoms with Gasteiger partial charge in [0.05, 0.1) is 18.0 Å². The minimum atomic E-state index is -0.703. The fourth-order valence-electron chi connectivity index (χ4n) is 5.25. The SMILES string of the molecule is Cc1nnnn1CCC(=O)N1CC[C@@]2(C(=O)Nc3ccccc32)[C@@H]1CCc1ccccc1. The van der Waals surface area contributed by atoms with Gasteiger partial charge in [0, 0.05) is 18.7 Å². The maximum Gasteiger partial charge on any atom is 0.237 e. The van der Waals surface area contributed by atoms with Crippen LogP contribution in [0, 0.1) is 6.92 Å². The zero-order valence-electron chi connectivity index (χ0n) is 18.1. The Balaban J connectivity index is 1.43. The first-order valence-corrected chi connectivity index (χ1v) is 11.1. The third-order valence-corrected chi connectivity index (χ3v) is 6.87. The molecule has 32 heavy (non-hydrogen) atoms. The molecule has 2 aliphatic heterocycles. The molecular formula is C24H26N6O2. The normalized spacial score (nSPS) is 21.7. The quantitative estimate of drug-likeness (QED) is 0.649. The van der Waals surface area contributed by atoms with Crippen LogP contribution in [0.25, 0.3) is 0 Å². The van der Waals surface area contributed by atoms with Crippen molar-refractivity contribution in [2.45, 2.75) is 50.6 Å². The summed E-state index contributed by atoms with van der Waals surface area (Å²) < 4.78 is 1.64. The van der Waals surface area contributed by atoms with Crippen molar-refractivity contribution in [2.75, 3.05) is 11.9 Å². The largest absolute Gasteiger partial charge is 0.338 e. The van der Waals surface area contributed by atoms with Crippen LogP contribution in [0.4, 0.5) is 5.69 Å². The Morgan fingerprint density at radius 1 is 1.16 bits per heavy atom. The number of amides is 2. The highest BCUT2D eigenvalue weighted by Crippen LogP contribution is 2.49. The van der Waals surface area contributed by atoms with Gasteiger partial charge in [-0.25, -0.2) is 4.68 Å². The second-order valence-corrected chi connectivity index (χ2v) is 8.55. The zero-order valence-corrected chi connectivity index (χ0v) is 18.1. The predicted octanol–water partition coefficient (Wildman–Crippen LogP) is 2.50. The van der Waals surface area contributed by atoms with E-state index in [-0.39, 0.29) is 17.9 Å². The molecule has 5 rings (SSSR count). The van der Waals surface area contributed by atoms with Crippen LogP contribution in [-0.4, -0.2) is 49.5 Å². The van der Waals surface area contributed by atoms with E-state index in [4.69, 9.17) is 0 Å². The molecule has 1 spiro atoms. The van der Waals surface area contributed by atoms with Crippen molar-refractivity contribution >= 4 is 17.5 Å². The predicted molar refractivity (Wildman–Crippen MR) is 119 cm³/mol.